The number of hydrogen-bond donors (Lipinski definition) is 1. The second-order valence-corrected chi connectivity index (χ2v) is 6.61. The lowest BCUT2D eigenvalue weighted by Gasteiger charge is -2.07. The molecule has 0 saturated carbocycles. The number of nitrogens with zero attached hydrogens (tertiary/aromatic N) is 2. The Hall–Kier alpha value is -2.90. The number of halogens is 1. The topological polar surface area (TPSA) is 77.2 Å². The molecule has 3 heterocycles. The minimum atomic E-state index is -0.485. The number of para-hydroxylation sites is 1. The van der Waals surface area contributed by atoms with Crippen molar-refractivity contribution < 1.29 is 9.15 Å². The van der Waals surface area contributed by atoms with Gasteiger partial charge < -0.3 is 14.5 Å². The fourth-order valence-corrected chi connectivity index (χ4v) is 3.45. The molecule has 0 spiro atoms. The molecule has 0 aliphatic rings. The normalized spacial score (nSPS) is 10.8. The zero-order valence-corrected chi connectivity index (χ0v) is 15.1. The van der Waals surface area contributed by atoms with Crippen molar-refractivity contribution in [2.24, 2.45) is 0 Å². The lowest BCUT2D eigenvalue weighted by Crippen LogP contribution is -2.03. The maximum atomic E-state index is 12.3. The molecule has 0 bridgehead atoms. The summed E-state index contributed by atoms with van der Waals surface area (Å²) in [6.45, 7) is 0. The average Bonchev–Trinajstić information content (AvgIpc) is 3.11. The van der Waals surface area contributed by atoms with Crippen molar-refractivity contribution in [2.45, 2.75) is 0 Å². The highest BCUT2D eigenvalue weighted by Crippen LogP contribution is 2.31. The van der Waals surface area contributed by atoms with E-state index in [0.717, 1.165) is 5.39 Å². The first-order chi connectivity index (χ1) is 12.7. The van der Waals surface area contributed by atoms with Gasteiger partial charge in [0.2, 0.25) is 0 Å². The number of ether oxygens (including phenoxy) is 1. The number of pyridine rings is 1. The van der Waals surface area contributed by atoms with E-state index < -0.39 is 5.63 Å². The fraction of sp³-hybridized carbons (Fsp3) is 0.0556. The molecule has 3 aromatic heterocycles. The van der Waals surface area contributed by atoms with Gasteiger partial charge in [-0.2, -0.15) is 0 Å². The molecule has 0 radical (unpaired) electrons. The summed E-state index contributed by atoms with van der Waals surface area (Å²) in [7, 11) is 1.58. The van der Waals surface area contributed by atoms with Gasteiger partial charge in [-0.05, 0) is 12.1 Å². The van der Waals surface area contributed by atoms with Crippen LogP contribution >= 0.6 is 22.9 Å². The molecule has 0 atom stereocenters. The number of aromatic nitrogens is 2. The smallest absolute Gasteiger partial charge is 0.345 e. The molecule has 130 valence electrons. The van der Waals surface area contributed by atoms with Gasteiger partial charge in [0.15, 0.2) is 10.7 Å². The monoisotopic (exact) mass is 385 g/mol. The summed E-state index contributed by atoms with van der Waals surface area (Å²) >= 11 is 7.44. The van der Waals surface area contributed by atoms with Gasteiger partial charge >= 0.3 is 5.63 Å². The number of hydrogen-bond acceptors (Lipinski definition) is 7. The molecular formula is C18H12ClN3O3S. The summed E-state index contributed by atoms with van der Waals surface area (Å²) in [4.78, 5) is 20.9. The van der Waals surface area contributed by atoms with Gasteiger partial charge in [-0.3, -0.25) is 4.98 Å². The summed E-state index contributed by atoms with van der Waals surface area (Å²) < 4.78 is 10.7. The van der Waals surface area contributed by atoms with Gasteiger partial charge in [-0.25, -0.2) is 9.78 Å². The number of methoxy groups -OCH3 is 1. The van der Waals surface area contributed by atoms with E-state index in [1.54, 1.807) is 49.1 Å². The number of fused-ring (bicyclic) bond motifs is 1. The Morgan fingerprint density at radius 3 is 3.04 bits per heavy atom. The highest BCUT2D eigenvalue weighted by Gasteiger charge is 2.14. The van der Waals surface area contributed by atoms with E-state index in [4.69, 9.17) is 20.8 Å². The first kappa shape index (κ1) is 16.6. The summed E-state index contributed by atoms with van der Waals surface area (Å²) in [5.41, 5.74) is 1.48. The van der Waals surface area contributed by atoms with Crippen LogP contribution in [0.4, 0.5) is 10.8 Å². The van der Waals surface area contributed by atoms with Crippen LogP contribution in [0.3, 0.4) is 0 Å². The van der Waals surface area contributed by atoms with Crippen LogP contribution in [0, 0.1) is 0 Å². The molecule has 1 N–H and O–H groups in total. The molecule has 8 heteroatoms. The van der Waals surface area contributed by atoms with Crippen LogP contribution in [-0.4, -0.2) is 17.1 Å². The van der Waals surface area contributed by atoms with Gasteiger partial charge in [0, 0.05) is 23.0 Å². The van der Waals surface area contributed by atoms with E-state index in [9.17, 15) is 4.79 Å². The predicted molar refractivity (Wildman–Crippen MR) is 103 cm³/mol. The SMILES string of the molecule is COc1ccncc1Nc1nc(-c2cc3cccc(Cl)c3oc2=O)cs1. The Labute approximate surface area is 157 Å². The number of anilines is 2. The van der Waals surface area contributed by atoms with Gasteiger partial charge in [-0.15, -0.1) is 11.3 Å². The molecule has 0 saturated heterocycles. The van der Waals surface area contributed by atoms with Crippen molar-refractivity contribution in [1.29, 1.82) is 0 Å². The Morgan fingerprint density at radius 1 is 1.31 bits per heavy atom. The molecule has 0 aliphatic carbocycles. The van der Waals surface area contributed by atoms with E-state index in [1.807, 2.05) is 6.07 Å². The molecule has 0 aliphatic heterocycles. The van der Waals surface area contributed by atoms with Crippen molar-refractivity contribution in [3.63, 3.8) is 0 Å². The van der Waals surface area contributed by atoms with Gasteiger partial charge in [0.05, 0.1) is 29.6 Å². The lowest BCUT2D eigenvalue weighted by molar-refractivity contribution is 0.416. The molecule has 1 aromatic carbocycles. The predicted octanol–water partition coefficient (Wildman–Crippen LogP) is 4.72. The average molecular weight is 386 g/mol. The first-order valence-corrected chi connectivity index (χ1v) is 8.85. The molecule has 0 amide bonds. The van der Waals surface area contributed by atoms with Crippen molar-refractivity contribution in [1.82, 2.24) is 9.97 Å². The Bertz CT molecular complexity index is 1160. The van der Waals surface area contributed by atoms with E-state index >= 15 is 0 Å². The third-order valence-electron chi connectivity index (χ3n) is 3.73. The van der Waals surface area contributed by atoms with Crippen molar-refractivity contribution in [2.75, 3.05) is 12.4 Å². The van der Waals surface area contributed by atoms with Crippen molar-refractivity contribution >= 4 is 44.7 Å². The Morgan fingerprint density at radius 2 is 2.19 bits per heavy atom. The largest absolute Gasteiger partial charge is 0.494 e. The second kappa shape index (κ2) is 6.78. The highest BCUT2D eigenvalue weighted by atomic mass is 35.5. The standard InChI is InChI=1S/C18H12ClN3O3S/c1-24-15-5-6-20-8-13(15)21-18-22-14(9-26-18)11-7-10-3-2-4-12(19)16(10)25-17(11)23/h2-9H,1H3,(H,21,22). The molecule has 4 aromatic rings. The minimum Gasteiger partial charge on any atom is -0.494 e. The number of benzene rings is 1. The summed E-state index contributed by atoms with van der Waals surface area (Å²) in [6.07, 6.45) is 3.29. The maximum Gasteiger partial charge on any atom is 0.345 e. The van der Waals surface area contributed by atoms with E-state index in [2.05, 4.69) is 15.3 Å². The van der Waals surface area contributed by atoms with E-state index in [-0.39, 0.29) is 0 Å². The fourth-order valence-electron chi connectivity index (χ4n) is 2.51. The summed E-state index contributed by atoms with van der Waals surface area (Å²) in [5, 5.41) is 6.68. The zero-order chi connectivity index (χ0) is 18.1. The molecule has 0 unspecified atom stereocenters. The zero-order valence-electron chi connectivity index (χ0n) is 13.5. The van der Waals surface area contributed by atoms with Crippen LogP contribution in [0.5, 0.6) is 5.75 Å². The van der Waals surface area contributed by atoms with Crippen LogP contribution in [0.1, 0.15) is 0 Å². The van der Waals surface area contributed by atoms with Crippen molar-refractivity contribution in [3.05, 3.63) is 63.5 Å². The van der Waals surface area contributed by atoms with Crippen LogP contribution in [0.15, 0.2) is 57.3 Å². The summed E-state index contributed by atoms with van der Waals surface area (Å²) in [5.74, 6) is 0.650. The molecule has 26 heavy (non-hydrogen) atoms. The lowest BCUT2D eigenvalue weighted by atomic mass is 10.1. The second-order valence-electron chi connectivity index (χ2n) is 5.34. The first-order valence-electron chi connectivity index (χ1n) is 7.59. The third kappa shape index (κ3) is 3.02. The van der Waals surface area contributed by atoms with E-state index in [0.29, 0.717) is 38.4 Å². The molecule has 4 rings (SSSR count). The highest BCUT2D eigenvalue weighted by molar-refractivity contribution is 7.14. The maximum absolute atomic E-state index is 12.3. The van der Waals surface area contributed by atoms with Gasteiger partial charge in [0.25, 0.3) is 0 Å². The van der Waals surface area contributed by atoms with Crippen LogP contribution in [0.2, 0.25) is 5.02 Å². The number of nitrogens with one attached hydrogen (secondary N) is 1. The van der Waals surface area contributed by atoms with E-state index in [1.165, 1.54) is 11.3 Å². The molecule has 0 fully saturated rings. The molecule has 6 nitrogen and oxygen atoms in total. The quantitative estimate of drug-likeness (QED) is 0.512. The Balaban J connectivity index is 1.71. The third-order valence-corrected chi connectivity index (χ3v) is 4.79. The van der Waals surface area contributed by atoms with Crippen LogP contribution in [-0.2, 0) is 0 Å². The number of thiazole rings is 1. The summed E-state index contributed by atoms with van der Waals surface area (Å²) in [6, 6.07) is 8.80. The van der Waals surface area contributed by atoms with Crippen LogP contribution in [0.25, 0.3) is 22.2 Å². The minimum absolute atomic E-state index is 0.372. The van der Waals surface area contributed by atoms with Crippen LogP contribution < -0.4 is 15.7 Å². The van der Waals surface area contributed by atoms with Crippen molar-refractivity contribution in [3.8, 4) is 17.0 Å². The number of rotatable bonds is 4. The Kier molecular flexibility index (Phi) is 4.32. The van der Waals surface area contributed by atoms with Gasteiger partial charge in [-0.1, -0.05) is 23.7 Å². The molecular weight excluding hydrogens is 374 g/mol. The van der Waals surface area contributed by atoms with Gasteiger partial charge in [0.1, 0.15) is 11.4 Å².